The number of hydrazone groups is 1. The van der Waals surface area contributed by atoms with E-state index < -0.39 is 18.6 Å². The van der Waals surface area contributed by atoms with Gasteiger partial charge in [0.05, 0.1) is 5.71 Å². The molecule has 124 valence electrons. The molecule has 24 heavy (non-hydrogen) atoms. The van der Waals surface area contributed by atoms with Crippen LogP contribution in [-0.2, 0) is 4.79 Å². The number of carbonyl (C=O) groups is 2. The summed E-state index contributed by atoms with van der Waals surface area (Å²) in [7, 11) is 0. The Morgan fingerprint density at radius 1 is 1.12 bits per heavy atom. The van der Waals surface area contributed by atoms with Gasteiger partial charge in [-0.2, -0.15) is 5.10 Å². The summed E-state index contributed by atoms with van der Waals surface area (Å²) < 4.78 is 5.11. The molecule has 0 heterocycles. The van der Waals surface area contributed by atoms with Crippen molar-refractivity contribution in [1.29, 1.82) is 0 Å². The van der Waals surface area contributed by atoms with Gasteiger partial charge in [-0.15, -0.1) is 0 Å². The van der Waals surface area contributed by atoms with Crippen molar-refractivity contribution in [3.63, 3.8) is 0 Å². The molecule has 2 rings (SSSR count). The van der Waals surface area contributed by atoms with Crippen LogP contribution >= 0.6 is 0 Å². The SMILES string of the molecule is C/C(=N/NC(=O)Nc1ccccc1)c1cccc(OCC(=O)O)c1. The summed E-state index contributed by atoms with van der Waals surface area (Å²) in [6, 6.07) is 15.3. The summed E-state index contributed by atoms with van der Waals surface area (Å²) in [5.41, 5.74) is 4.32. The highest BCUT2D eigenvalue weighted by Gasteiger charge is 2.04. The van der Waals surface area contributed by atoms with Crippen molar-refractivity contribution in [2.45, 2.75) is 6.92 Å². The first kappa shape index (κ1) is 17.0. The highest BCUT2D eigenvalue weighted by atomic mass is 16.5. The van der Waals surface area contributed by atoms with Crippen LogP contribution in [0.2, 0.25) is 0 Å². The molecular formula is C17H17N3O4. The van der Waals surface area contributed by atoms with Gasteiger partial charge in [0.15, 0.2) is 6.61 Å². The van der Waals surface area contributed by atoms with Crippen molar-refractivity contribution in [2.24, 2.45) is 5.10 Å². The number of carbonyl (C=O) groups excluding carboxylic acids is 1. The zero-order valence-electron chi connectivity index (χ0n) is 13.0. The molecule has 0 saturated heterocycles. The van der Waals surface area contributed by atoms with Crippen molar-refractivity contribution < 1.29 is 19.4 Å². The fourth-order valence-corrected chi connectivity index (χ4v) is 1.84. The molecule has 0 aliphatic heterocycles. The molecule has 0 aliphatic rings. The lowest BCUT2D eigenvalue weighted by Gasteiger charge is -2.07. The highest BCUT2D eigenvalue weighted by molar-refractivity contribution is 6.00. The van der Waals surface area contributed by atoms with Crippen LogP contribution in [0.1, 0.15) is 12.5 Å². The predicted octanol–water partition coefficient (Wildman–Crippen LogP) is 2.70. The number of urea groups is 1. The average molecular weight is 327 g/mol. The minimum Gasteiger partial charge on any atom is -0.482 e. The first-order valence-electron chi connectivity index (χ1n) is 7.16. The Morgan fingerprint density at radius 3 is 2.58 bits per heavy atom. The molecule has 0 saturated carbocycles. The lowest BCUT2D eigenvalue weighted by Crippen LogP contribution is -2.25. The molecule has 0 atom stereocenters. The maximum Gasteiger partial charge on any atom is 0.341 e. The number of hydrogen-bond donors (Lipinski definition) is 3. The molecule has 7 heteroatoms. The molecule has 0 fully saturated rings. The molecular weight excluding hydrogens is 310 g/mol. The van der Waals surface area contributed by atoms with Crippen LogP contribution in [0.3, 0.4) is 0 Å². The second-order valence-electron chi connectivity index (χ2n) is 4.84. The van der Waals surface area contributed by atoms with Gasteiger partial charge >= 0.3 is 12.0 Å². The van der Waals surface area contributed by atoms with Crippen LogP contribution < -0.4 is 15.5 Å². The average Bonchev–Trinajstić information content (AvgIpc) is 2.59. The minimum atomic E-state index is -1.05. The molecule has 0 aliphatic carbocycles. The predicted molar refractivity (Wildman–Crippen MR) is 90.4 cm³/mol. The van der Waals surface area contributed by atoms with Gasteiger partial charge < -0.3 is 15.2 Å². The normalized spacial score (nSPS) is 10.8. The van der Waals surface area contributed by atoms with Gasteiger partial charge in [0.25, 0.3) is 0 Å². The van der Waals surface area contributed by atoms with Gasteiger partial charge in [-0.1, -0.05) is 30.3 Å². The molecule has 2 aromatic rings. The van der Waals surface area contributed by atoms with Crippen LogP contribution in [0.4, 0.5) is 10.5 Å². The fourth-order valence-electron chi connectivity index (χ4n) is 1.84. The molecule has 0 radical (unpaired) electrons. The standard InChI is InChI=1S/C17H17N3O4/c1-12(13-6-5-9-15(10-13)24-11-16(21)22)19-20-17(23)18-14-7-3-2-4-8-14/h2-10H,11H2,1H3,(H,21,22)(H2,18,20,23)/b19-12-. The van der Waals surface area contributed by atoms with Crippen LogP contribution in [-0.4, -0.2) is 29.4 Å². The Kier molecular flexibility index (Phi) is 5.90. The largest absolute Gasteiger partial charge is 0.482 e. The van der Waals surface area contributed by atoms with Crippen molar-refractivity contribution in [1.82, 2.24) is 5.43 Å². The third-order valence-electron chi connectivity index (χ3n) is 2.97. The maximum absolute atomic E-state index is 11.8. The third kappa shape index (κ3) is 5.45. The minimum absolute atomic E-state index is 0.415. The van der Waals surface area contributed by atoms with E-state index in [1.807, 2.05) is 18.2 Å². The van der Waals surface area contributed by atoms with Crippen molar-refractivity contribution in [3.05, 3.63) is 60.2 Å². The molecule has 0 unspecified atom stereocenters. The van der Waals surface area contributed by atoms with E-state index in [-0.39, 0.29) is 0 Å². The van der Waals surface area contributed by atoms with E-state index in [4.69, 9.17) is 9.84 Å². The van der Waals surface area contributed by atoms with E-state index in [0.29, 0.717) is 22.7 Å². The van der Waals surface area contributed by atoms with Gasteiger partial charge in [0.1, 0.15) is 5.75 Å². The molecule has 2 amide bonds. The van der Waals surface area contributed by atoms with Gasteiger partial charge in [-0.25, -0.2) is 15.0 Å². The van der Waals surface area contributed by atoms with Crippen molar-refractivity contribution in [2.75, 3.05) is 11.9 Å². The van der Waals surface area contributed by atoms with Gasteiger partial charge in [0.2, 0.25) is 0 Å². The number of nitrogens with zero attached hydrogens (tertiary/aromatic N) is 1. The van der Waals surface area contributed by atoms with Gasteiger partial charge in [-0.3, -0.25) is 0 Å². The summed E-state index contributed by atoms with van der Waals surface area (Å²) in [4.78, 5) is 22.3. The van der Waals surface area contributed by atoms with Crippen molar-refractivity contribution >= 4 is 23.4 Å². The molecule has 7 nitrogen and oxygen atoms in total. The number of aliphatic carboxylic acids is 1. The smallest absolute Gasteiger partial charge is 0.341 e. The molecule has 0 bridgehead atoms. The summed E-state index contributed by atoms with van der Waals surface area (Å²) in [6.45, 7) is 1.30. The topological polar surface area (TPSA) is 100 Å². The zero-order valence-corrected chi connectivity index (χ0v) is 13.0. The van der Waals surface area contributed by atoms with E-state index in [1.54, 1.807) is 43.3 Å². The fraction of sp³-hybridized carbons (Fsp3) is 0.118. The van der Waals surface area contributed by atoms with Crippen LogP contribution in [0.5, 0.6) is 5.75 Å². The molecule has 2 aromatic carbocycles. The summed E-state index contributed by atoms with van der Waals surface area (Å²) in [6.07, 6.45) is 0. The van der Waals surface area contributed by atoms with Crippen LogP contribution in [0.15, 0.2) is 59.7 Å². The Bertz CT molecular complexity index is 745. The van der Waals surface area contributed by atoms with Crippen LogP contribution in [0, 0.1) is 0 Å². The summed E-state index contributed by atoms with van der Waals surface area (Å²) in [5, 5.41) is 15.3. The first-order valence-corrected chi connectivity index (χ1v) is 7.16. The number of para-hydroxylation sites is 1. The summed E-state index contributed by atoms with van der Waals surface area (Å²) in [5.74, 6) is -0.636. The maximum atomic E-state index is 11.8. The molecule has 0 aromatic heterocycles. The summed E-state index contributed by atoms with van der Waals surface area (Å²) >= 11 is 0. The lowest BCUT2D eigenvalue weighted by molar-refractivity contribution is -0.139. The number of amides is 2. The zero-order chi connectivity index (χ0) is 17.4. The monoisotopic (exact) mass is 327 g/mol. The number of benzene rings is 2. The number of nitrogens with one attached hydrogen (secondary N) is 2. The Hall–Kier alpha value is -3.35. The Balaban J connectivity index is 1.96. The second-order valence-corrected chi connectivity index (χ2v) is 4.84. The Labute approximate surface area is 139 Å². The number of ether oxygens (including phenoxy) is 1. The van der Waals surface area contributed by atoms with E-state index in [0.717, 1.165) is 0 Å². The van der Waals surface area contributed by atoms with Crippen molar-refractivity contribution in [3.8, 4) is 5.75 Å². The van der Waals surface area contributed by atoms with E-state index in [1.165, 1.54) is 0 Å². The number of carboxylic acids is 1. The first-order chi connectivity index (χ1) is 11.5. The van der Waals surface area contributed by atoms with Gasteiger partial charge in [-0.05, 0) is 31.2 Å². The number of anilines is 1. The van der Waals surface area contributed by atoms with Crippen LogP contribution in [0.25, 0.3) is 0 Å². The number of hydrogen-bond acceptors (Lipinski definition) is 4. The quantitative estimate of drug-likeness (QED) is 0.561. The van der Waals surface area contributed by atoms with E-state index in [2.05, 4.69) is 15.8 Å². The van der Waals surface area contributed by atoms with Gasteiger partial charge in [0, 0.05) is 11.3 Å². The Morgan fingerprint density at radius 2 is 1.88 bits per heavy atom. The molecule has 0 spiro atoms. The molecule has 3 N–H and O–H groups in total. The third-order valence-corrected chi connectivity index (χ3v) is 2.97. The second kappa shape index (κ2) is 8.33. The number of carboxylic acid groups (broad SMARTS) is 1. The highest BCUT2D eigenvalue weighted by Crippen LogP contribution is 2.14. The van der Waals surface area contributed by atoms with E-state index >= 15 is 0 Å². The van der Waals surface area contributed by atoms with E-state index in [9.17, 15) is 9.59 Å². The number of rotatable bonds is 6. The lowest BCUT2D eigenvalue weighted by atomic mass is 10.1.